The van der Waals surface area contributed by atoms with E-state index in [0.717, 1.165) is 18.6 Å². The first-order chi connectivity index (χ1) is 9.08. The lowest BCUT2D eigenvalue weighted by atomic mass is 9.87. The largest absolute Gasteiger partial charge is 0.497 e. The Morgan fingerprint density at radius 1 is 1.42 bits per heavy atom. The van der Waals surface area contributed by atoms with Gasteiger partial charge in [0.1, 0.15) is 5.75 Å². The first-order valence-electron chi connectivity index (χ1n) is 6.82. The summed E-state index contributed by atoms with van der Waals surface area (Å²) in [4.78, 5) is 0. The molecule has 106 valence electrons. The molecular weight excluding hydrogens is 258 g/mol. The highest BCUT2D eigenvalue weighted by molar-refractivity contribution is 7.86. The summed E-state index contributed by atoms with van der Waals surface area (Å²) in [5.41, 5.74) is 2.59. The van der Waals surface area contributed by atoms with E-state index in [1.165, 1.54) is 11.1 Å². The number of fused-ring (bicyclic) bond motifs is 1. The van der Waals surface area contributed by atoms with Crippen molar-refractivity contribution >= 4 is 10.8 Å². The van der Waals surface area contributed by atoms with E-state index in [1.54, 1.807) is 7.11 Å². The second-order valence-electron chi connectivity index (χ2n) is 5.29. The van der Waals surface area contributed by atoms with Gasteiger partial charge in [0.25, 0.3) is 0 Å². The highest BCUT2D eigenvalue weighted by Crippen LogP contribution is 2.35. The van der Waals surface area contributed by atoms with E-state index >= 15 is 0 Å². The number of ether oxygens (including phenoxy) is 1. The molecule has 0 heterocycles. The van der Waals surface area contributed by atoms with Crippen LogP contribution in [0.2, 0.25) is 0 Å². The number of hydrogen-bond acceptors (Lipinski definition) is 3. The van der Waals surface area contributed by atoms with Crippen LogP contribution in [0.4, 0.5) is 0 Å². The molecule has 0 amide bonds. The van der Waals surface area contributed by atoms with Crippen molar-refractivity contribution in [2.24, 2.45) is 0 Å². The minimum Gasteiger partial charge on any atom is -0.497 e. The fourth-order valence-corrected chi connectivity index (χ4v) is 4.44. The van der Waals surface area contributed by atoms with E-state index in [2.05, 4.69) is 17.4 Å². The summed E-state index contributed by atoms with van der Waals surface area (Å²) >= 11 is 0. The molecule has 19 heavy (non-hydrogen) atoms. The molecule has 1 aliphatic carbocycles. The fraction of sp³-hybridized carbons (Fsp3) is 0.600. The molecule has 1 aromatic carbocycles. The van der Waals surface area contributed by atoms with Gasteiger partial charge in [-0.25, -0.2) is 0 Å². The number of nitrogens with one attached hydrogen (secondary N) is 1. The SMILES string of the molecule is CNC1c2ccc(OC)cc2CCC1S(=O)C(C)C. The van der Waals surface area contributed by atoms with Crippen LogP contribution in [0, 0.1) is 0 Å². The van der Waals surface area contributed by atoms with Crippen LogP contribution in [-0.4, -0.2) is 28.9 Å². The minimum absolute atomic E-state index is 0.179. The van der Waals surface area contributed by atoms with Crippen LogP contribution in [0.15, 0.2) is 18.2 Å². The van der Waals surface area contributed by atoms with Crippen molar-refractivity contribution in [2.45, 2.75) is 43.2 Å². The van der Waals surface area contributed by atoms with Gasteiger partial charge < -0.3 is 10.1 Å². The lowest BCUT2D eigenvalue weighted by Gasteiger charge is -2.34. The van der Waals surface area contributed by atoms with Gasteiger partial charge in [0.15, 0.2) is 0 Å². The summed E-state index contributed by atoms with van der Waals surface area (Å²) in [5.74, 6) is 0.900. The van der Waals surface area contributed by atoms with Crippen LogP contribution in [0.3, 0.4) is 0 Å². The molecule has 3 unspecified atom stereocenters. The van der Waals surface area contributed by atoms with Crippen LogP contribution in [-0.2, 0) is 17.2 Å². The van der Waals surface area contributed by atoms with Gasteiger partial charge in [0.05, 0.1) is 12.4 Å². The number of methoxy groups -OCH3 is 1. The molecule has 0 bridgehead atoms. The van der Waals surface area contributed by atoms with E-state index in [0.29, 0.717) is 0 Å². The molecule has 0 saturated heterocycles. The van der Waals surface area contributed by atoms with Crippen molar-refractivity contribution in [1.29, 1.82) is 0 Å². The van der Waals surface area contributed by atoms with E-state index in [-0.39, 0.29) is 16.5 Å². The zero-order chi connectivity index (χ0) is 14.0. The quantitative estimate of drug-likeness (QED) is 0.921. The number of aryl methyl sites for hydroxylation is 1. The first kappa shape index (κ1) is 14.5. The summed E-state index contributed by atoms with van der Waals surface area (Å²) in [6.07, 6.45) is 1.95. The molecule has 0 aromatic heterocycles. The van der Waals surface area contributed by atoms with Gasteiger partial charge in [-0.1, -0.05) is 19.9 Å². The zero-order valence-electron chi connectivity index (χ0n) is 12.1. The Bertz CT molecular complexity index is 473. The summed E-state index contributed by atoms with van der Waals surface area (Å²) in [5, 5.41) is 3.76. The van der Waals surface area contributed by atoms with E-state index in [9.17, 15) is 4.21 Å². The predicted octanol–water partition coefficient (Wildman–Crippen LogP) is 2.43. The van der Waals surface area contributed by atoms with Gasteiger partial charge in [-0.3, -0.25) is 4.21 Å². The maximum atomic E-state index is 12.4. The van der Waals surface area contributed by atoms with Crippen molar-refractivity contribution in [3.8, 4) is 5.75 Å². The molecule has 4 heteroatoms. The summed E-state index contributed by atoms with van der Waals surface area (Å²) in [6.45, 7) is 4.07. The van der Waals surface area contributed by atoms with Gasteiger partial charge in [-0.15, -0.1) is 0 Å². The number of hydrogen-bond donors (Lipinski definition) is 1. The third-order valence-corrected chi connectivity index (χ3v) is 5.86. The molecule has 0 radical (unpaired) electrons. The highest BCUT2D eigenvalue weighted by atomic mass is 32.2. The highest BCUT2D eigenvalue weighted by Gasteiger charge is 2.33. The molecule has 3 nitrogen and oxygen atoms in total. The molecule has 3 atom stereocenters. The van der Waals surface area contributed by atoms with E-state index in [4.69, 9.17) is 4.74 Å². The molecule has 1 aromatic rings. The molecule has 0 saturated carbocycles. The second kappa shape index (κ2) is 6.06. The molecular formula is C15H23NO2S. The lowest BCUT2D eigenvalue weighted by Crippen LogP contribution is -2.39. The molecule has 0 aliphatic heterocycles. The van der Waals surface area contributed by atoms with Gasteiger partial charge in [-0.2, -0.15) is 0 Å². The van der Waals surface area contributed by atoms with E-state index in [1.807, 2.05) is 27.0 Å². The smallest absolute Gasteiger partial charge is 0.119 e. The average molecular weight is 281 g/mol. The van der Waals surface area contributed by atoms with Crippen molar-refractivity contribution in [2.75, 3.05) is 14.2 Å². The maximum absolute atomic E-state index is 12.4. The van der Waals surface area contributed by atoms with Crippen LogP contribution in [0.25, 0.3) is 0 Å². The van der Waals surface area contributed by atoms with Crippen LogP contribution in [0.1, 0.15) is 37.4 Å². The number of rotatable bonds is 4. The Hall–Kier alpha value is -0.870. The molecule has 1 N–H and O–H groups in total. The third kappa shape index (κ3) is 2.84. The summed E-state index contributed by atoms with van der Waals surface area (Å²) in [6, 6.07) is 6.38. The Morgan fingerprint density at radius 2 is 2.16 bits per heavy atom. The Kier molecular flexibility index (Phi) is 4.63. The van der Waals surface area contributed by atoms with Gasteiger partial charge in [-0.05, 0) is 43.1 Å². The lowest BCUT2D eigenvalue weighted by molar-refractivity contribution is 0.412. The predicted molar refractivity (Wildman–Crippen MR) is 80.2 cm³/mol. The molecule has 1 aliphatic rings. The molecule has 0 spiro atoms. The second-order valence-corrected chi connectivity index (χ2v) is 7.49. The number of benzene rings is 1. The third-order valence-electron chi connectivity index (χ3n) is 3.83. The van der Waals surface area contributed by atoms with Crippen molar-refractivity contribution < 1.29 is 8.95 Å². The Labute approximate surface area is 118 Å². The van der Waals surface area contributed by atoms with Gasteiger partial charge in [0.2, 0.25) is 0 Å². The average Bonchev–Trinajstić information content (AvgIpc) is 2.44. The first-order valence-corrected chi connectivity index (χ1v) is 8.09. The van der Waals surface area contributed by atoms with E-state index < -0.39 is 10.8 Å². The zero-order valence-corrected chi connectivity index (χ0v) is 12.9. The minimum atomic E-state index is -0.796. The van der Waals surface area contributed by atoms with Gasteiger partial charge >= 0.3 is 0 Å². The Morgan fingerprint density at radius 3 is 2.74 bits per heavy atom. The maximum Gasteiger partial charge on any atom is 0.119 e. The van der Waals surface area contributed by atoms with Crippen molar-refractivity contribution in [3.05, 3.63) is 29.3 Å². The van der Waals surface area contributed by atoms with Gasteiger partial charge in [0, 0.05) is 22.1 Å². The molecule has 0 fully saturated rings. The Balaban J connectivity index is 2.34. The summed E-state index contributed by atoms with van der Waals surface area (Å²) in [7, 11) is 2.85. The summed E-state index contributed by atoms with van der Waals surface area (Å²) < 4.78 is 17.7. The monoisotopic (exact) mass is 281 g/mol. The van der Waals surface area contributed by atoms with Crippen molar-refractivity contribution in [3.63, 3.8) is 0 Å². The van der Waals surface area contributed by atoms with Crippen molar-refractivity contribution in [1.82, 2.24) is 5.32 Å². The molecule has 2 rings (SSSR count). The van der Waals surface area contributed by atoms with Crippen LogP contribution >= 0.6 is 0 Å². The standard InChI is InChI=1S/C15H23NO2S/c1-10(2)19(17)14-8-5-11-9-12(18-4)6-7-13(11)15(14)16-3/h6-7,9-10,14-16H,5,8H2,1-4H3. The normalized spacial score (nSPS) is 24.1. The fourth-order valence-electron chi connectivity index (χ4n) is 2.83. The topological polar surface area (TPSA) is 38.3 Å². The van der Waals surface area contributed by atoms with Crippen LogP contribution in [0.5, 0.6) is 5.75 Å². The van der Waals surface area contributed by atoms with Crippen LogP contribution < -0.4 is 10.1 Å².